The molecule has 1 aromatic carbocycles. The molecule has 2 fully saturated rings. The van der Waals surface area contributed by atoms with Crippen molar-refractivity contribution >= 4 is 24.2 Å². The first kappa shape index (κ1) is 20.7. The minimum absolute atomic E-state index is 0. The fourth-order valence-electron chi connectivity index (χ4n) is 3.73. The van der Waals surface area contributed by atoms with E-state index in [0.29, 0.717) is 31.7 Å². The Labute approximate surface area is 160 Å². The van der Waals surface area contributed by atoms with Crippen LogP contribution in [0.25, 0.3) is 0 Å². The lowest BCUT2D eigenvalue weighted by molar-refractivity contribution is -0.132. The number of likely N-dealkylation sites (tertiary alicyclic amines) is 1. The van der Waals surface area contributed by atoms with Gasteiger partial charge in [0.1, 0.15) is 0 Å². The number of rotatable bonds is 4. The quantitative estimate of drug-likeness (QED) is 0.728. The number of hydrogen-bond donors (Lipinski definition) is 3. The standard InChI is InChI=1S/C19H27N3O3.ClH/c1-19(18(25)21-11-15-10-20-12-16(15)23)8-5-9-22(13-19)17(24)14-6-3-2-4-7-14;/h2-4,6-7,15-16,20,23H,5,8-13H2,1H3,(H,21,25);1H. The lowest BCUT2D eigenvalue weighted by atomic mass is 9.80. The Morgan fingerprint density at radius 3 is 2.69 bits per heavy atom. The van der Waals surface area contributed by atoms with Crippen molar-refractivity contribution in [2.75, 3.05) is 32.7 Å². The van der Waals surface area contributed by atoms with Crippen LogP contribution in [0.2, 0.25) is 0 Å². The molecule has 6 nitrogen and oxygen atoms in total. The van der Waals surface area contributed by atoms with Gasteiger partial charge >= 0.3 is 0 Å². The average molecular weight is 382 g/mol. The molecule has 7 heteroatoms. The molecule has 2 heterocycles. The maximum Gasteiger partial charge on any atom is 0.253 e. The van der Waals surface area contributed by atoms with Crippen LogP contribution in [0, 0.1) is 11.3 Å². The van der Waals surface area contributed by atoms with E-state index in [9.17, 15) is 14.7 Å². The van der Waals surface area contributed by atoms with Gasteiger partial charge in [0.05, 0.1) is 11.5 Å². The molecule has 26 heavy (non-hydrogen) atoms. The van der Waals surface area contributed by atoms with Gasteiger partial charge in [-0.1, -0.05) is 18.2 Å². The number of aliphatic hydroxyl groups excluding tert-OH is 1. The zero-order chi connectivity index (χ0) is 17.9. The number of halogens is 1. The second kappa shape index (κ2) is 8.84. The minimum atomic E-state index is -0.584. The second-order valence-electron chi connectivity index (χ2n) is 7.45. The predicted octanol–water partition coefficient (Wildman–Crippen LogP) is 1.05. The maximum absolute atomic E-state index is 12.7. The number of amides is 2. The Kier molecular flexibility index (Phi) is 7.03. The molecule has 0 radical (unpaired) electrons. The number of carbonyl (C=O) groups excluding carboxylic acids is 2. The molecular formula is C19H28ClN3O3. The summed E-state index contributed by atoms with van der Waals surface area (Å²) < 4.78 is 0. The highest BCUT2D eigenvalue weighted by Crippen LogP contribution is 2.30. The molecule has 3 unspecified atom stereocenters. The second-order valence-corrected chi connectivity index (χ2v) is 7.45. The van der Waals surface area contributed by atoms with Crippen molar-refractivity contribution in [3.05, 3.63) is 35.9 Å². The number of carbonyl (C=O) groups is 2. The van der Waals surface area contributed by atoms with Crippen LogP contribution in [0.15, 0.2) is 30.3 Å². The number of nitrogens with one attached hydrogen (secondary N) is 2. The van der Waals surface area contributed by atoms with Crippen LogP contribution in [0.3, 0.4) is 0 Å². The highest BCUT2D eigenvalue weighted by molar-refractivity contribution is 5.95. The summed E-state index contributed by atoms with van der Waals surface area (Å²) >= 11 is 0. The molecular weight excluding hydrogens is 354 g/mol. The molecule has 3 N–H and O–H groups in total. The molecule has 0 aromatic heterocycles. The van der Waals surface area contributed by atoms with Gasteiger partial charge in [-0.05, 0) is 31.9 Å². The first-order valence-electron chi connectivity index (χ1n) is 9.01. The van der Waals surface area contributed by atoms with E-state index in [1.54, 1.807) is 4.90 Å². The van der Waals surface area contributed by atoms with Crippen molar-refractivity contribution in [2.45, 2.75) is 25.9 Å². The van der Waals surface area contributed by atoms with Gasteiger partial charge in [0.15, 0.2) is 0 Å². The van der Waals surface area contributed by atoms with Gasteiger partial charge in [-0.2, -0.15) is 0 Å². The van der Waals surface area contributed by atoms with E-state index in [4.69, 9.17) is 0 Å². The Hall–Kier alpha value is -1.63. The first-order valence-corrected chi connectivity index (χ1v) is 9.01. The predicted molar refractivity (Wildman–Crippen MR) is 102 cm³/mol. The van der Waals surface area contributed by atoms with E-state index in [-0.39, 0.29) is 30.1 Å². The lowest BCUT2D eigenvalue weighted by Crippen LogP contribution is -2.52. The highest BCUT2D eigenvalue weighted by Gasteiger charge is 2.40. The number of piperidine rings is 1. The summed E-state index contributed by atoms with van der Waals surface area (Å²) in [4.78, 5) is 27.2. The number of hydrogen-bond acceptors (Lipinski definition) is 4. The van der Waals surface area contributed by atoms with Crippen LogP contribution in [-0.4, -0.2) is 60.6 Å². The van der Waals surface area contributed by atoms with Crippen molar-refractivity contribution < 1.29 is 14.7 Å². The van der Waals surface area contributed by atoms with Gasteiger partial charge in [0, 0.05) is 44.2 Å². The summed E-state index contributed by atoms with van der Waals surface area (Å²) in [6, 6.07) is 9.20. The van der Waals surface area contributed by atoms with Gasteiger partial charge < -0.3 is 20.6 Å². The van der Waals surface area contributed by atoms with Crippen molar-refractivity contribution in [3.8, 4) is 0 Å². The summed E-state index contributed by atoms with van der Waals surface area (Å²) in [7, 11) is 0. The van der Waals surface area contributed by atoms with Gasteiger partial charge in [0.2, 0.25) is 5.91 Å². The smallest absolute Gasteiger partial charge is 0.253 e. The van der Waals surface area contributed by atoms with Crippen molar-refractivity contribution in [1.29, 1.82) is 0 Å². The normalized spacial score (nSPS) is 28.3. The summed E-state index contributed by atoms with van der Waals surface area (Å²) in [5.41, 5.74) is 0.0759. The van der Waals surface area contributed by atoms with E-state index in [0.717, 1.165) is 19.4 Å². The monoisotopic (exact) mass is 381 g/mol. The third-order valence-electron chi connectivity index (χ3n) is 5.38. The Balaban J connectivity index is 0.00000243. The minimum Gasteiger partial charge on any atom is -0.391 e. The van der Waals surface area contributed by atoms with Crippen molar-refractivity contribution in [2.24, 2.45) is 11.3 Å². The number of nitrogens with zero attached hydrogens (tertiary/aromatic N) is 1. The van der Waals surface area contributed by atoms with Gasteiger partial charge in [0.25, 0.3) is 5.91 Å². The largest absolute Gasteiger partial charge is 0.391 e. The molecule has 0 bridgehead atoms. The van der Waals surface area contributed by atoms with E-state index in [1.807, 2.05) is 37.3 Å². The average Bonchev–Trinajstić information content (AvgIpc) is 3.04. The molecule has 2 aliphatic rings. The Morgan fingerprint density at radius 1 is 1.31 bits per heavy atom. The third kappa shape index (κ3) is 4.55. The molecule has 2 aliphatic heterocycles. The molecule has 0 spiro atoms. The zero-order valence-electron chi connectivity index (χ0n) is 15.1. The fourth-order valence-corrected chi connectivity index (χ4v) is 3.73. The first-order chi connectivity index (χ1) is 12.0. The van der Waals surface area contributed by atoms with Crippen LogP contribution in [0.1, 0.15) is 30.1 Å². The van der Waals surface area contributed by atoms with Crippen LogP contribution < -0.4 is 10.6 Å². The summed E-state index contributed by atoms with van der Waals surface area (Å²) in [6.45, 7) is 4.80. The zero-order valence-corrected chi connectivity index (χ0v) is 15.9. The summed E-state index contributed by atoms with van der Waals surface area (Å²) in [5, 5.41) is 16.0. The van der Waals surface area contributed by atoms with Gasteiger partial charge in [-0.15, -0.1) is 12.4 Å². The number of aliphatic hydroxyl groups is 1. The summed E-state index contributed by atoms with van der Waals surface area (Å²) in [5.74, 6) is 0.00472. The molecule has 3 atom stereocenters. The Bertz CT molecular complexity index is 628. The highest BCUT2D eigenvalue weighted by atomic mass is 35.5. The van der Waals surface area contributed by atoms with Crippen molar-refractivity contribution in [3.63, 3.8) is 0 Å². The van der Waals surface area contributed by atoms with Gasteiger partial charge in [-0.25, -0.2) is 0 Å². The van der Waals surface area contributed by atoms with Crippen LogP contribution in [-0.2, 0) is 4.79 Å². The number of β-amino-alcohol motifs (C(OH)–C–C–N with tert-alkyl or cyclic N) is 1. The van der Waals surface area contributed by atoms with E-state index < -0.39 is 11.5 Å². The van der Waals surface area contributed by atoms with Crippen LogP contribution in [0.4, 0.5) is 0 Å². The van der Waals surface area contributed by atoms with E-state index in [2.05, 4.69) is 10.6 Å². The molecule has 1 aromatic rings. The maximum atomic E-state index is 12.7. The van der Waals surface area contributed by atoms with Crippen molar-refractivity contribution in [1.82, 2.24) is 15.5 Å². The fraction of sp³-hybridized carbons (Fsp3) is 0.579. The lowest BCUT2D eigenvalue weighted by Gasteiger charge is -2.39. The molecule has 3 rings (SSSR count). The number of benzene rings is 1. The molecule has 2 saturated heterocycles. The molecule has 144 valence electrons. The van der Waals surface area contributed by atoms with Crippen LogP contribution in [0.5, 0.6) is 0 Å². The summed E-state index contributed by atoms with van der Waals surface area (Å²) in [6.07, 6.45) is 1.18. The molecule has 0 aliphatic carbocycles. The third-order valence-corrected chi connectivity index (χ3v) is 5.38. The van der Waals surface area contributed by atoms with Gasteiger partial charge in [-0.3, -0.25) is 9.59 Å². The molecule has 0 saturated carbocycles. The molecule has 2 amide bonds. The van der Waals surface area contributed by atoms with Crippen LogP contribution >= 0.6 is 12.4 Å². The van der Waals surface area contributed by atoms with E-state index in [1.165, 1.54) is 0 Å². The SMILES string of the molecule is CC1(C(=O)NCC2CNCC2O)CCCN(C(=O)c2ccccc2)C1.Cl. The van der Waals surface area contributed by atoms with E-state index >= 15 is 0 Å². The Morgan fingerprint density at radius 2 is 2.04 bits per heavy atom. The topological polar surface area (TPSA) is 81.7 Å².